The first-order valence-electron chi connectivity index (χ1n) is 8.01. The first-order chi connectivity index (χ1) is 11.5. The van der Waals surface area contributed by atoms with Gasteiger partial charge < -0.3 is 11.1 Å². The van der Waals surface area contributed by atoms with Gasteiger partial charge in [0.15, 0.2) is 0 Å². The van der Waals surface area contributed by atoms with E-state index in [0.717, 1.165) is 11.1 Å². The van der Waals surface area contributed by atoms with Gasteiger partial charge in [0, 0.05) is 18.8 Å². The Labute approximate surface area is 139 Å². The summed E-state index contributed by atoms with van der Waals surface area (Å²) in [5, 5.41) is 2.87. The average molecular weight is 326 g/mol. The van der Waals surface area contributed by atoms with Crippen molar-refractivity contribution in [2.24, 2.45) is 5.92 Å². The van der Waals surface area contributed by atoms with Gasteiger partial charge in [-0.25, -0.2) is 4.39 Å². The second-order valence-electron chi connectivity index (χ2n) is 6.11. The molecular formula is C19H19FN2O2. The Morgan fingerprint density at radius 2 is 1.67 bits per heavy atom. The lowest BCUT2D eigenvalue weighted by molar-refractivity contribution is -0.125. The van der Waals surface area contributed by atoms with Gasteiger partial charge in [0.2, 0.25) is 5.91 Å². The standard InChI is InChI=1S/C19H19FN2O2/c20-15-6-1-12(2-7-15)14-5-10-17(21)18(11-14)22-19(24)13-3-8-16(23)9-4-13/h1-2,5-7,10-11,13H,3-4,8-9,21H2,(H,22,24). The number of carbonyl (C=O) groups is 2. The topological polar surface area (TPSA) is 72.2 Å². The zero-order chi connectivity index (χ0) is 17.1. The van der Waals surface area contributed by atoms with E-state index in [-0.39, 0.29) is 23.4 Å². The van der Waals surface area contributed by atoms with Gasteiger partial charge in [-0.3, -0.25) is 9.59 Å². The lowest BCUT2D eigenvalue weighted by atomic mass is 9.88. The van der Waals surface area contributed by atoms with E-state index in [1.54, 1.807) is 24.3 Å². The summed E-state index contributed by atoms with van der Waals surface area (Å²) in [5.41, 5.74) is 8.66. The summed E-state index contributed by atoms with van der Waals surface area (Å²) >= 11 is 0. The molecule has 0 atom stereocenters. The van der Waals surface area contributed by atoms with E-state index in [1.807, 2.05) is 6.07 Å². The van der Waals surface area contributed by atoms with Gasteiger partial charge in [-0.05, 0) is 48.2 Å². The molecule has 3 N–H and O–H groups in total. The van der Waals surface area contributed by atoms with Crippen molar-refractivity contribution < 1.29 is 14.0 Å². The highest BCUT2D eigenvalue weighted by molar-refractivity contribution is 5.97. The Bertz CT molecular complexity index is 761. The molecule has 1 aliphatic rings. The summed E-state index contributed by atoms with van der Waals surface area (Å²) in [6, 6.07) is 11.5. The number of nitrogens with one attached hydrogen (secondary N) is 1. The molecule has 0 bridgehead atoms. The van der Waals surface area contributed by atoms with Gasteiger partial charge in [0.05, 0.1) is 11.4 Å². The maximum atomic E-state index is 13.1. The first-order valence-corrected chi connectivity index (χ1v) is 8.01. The number of rotatable bonds is 3. The van der Waals surface area contributed by atoms with Gasteiger partial charge in [-0.15, -0.1) is 0 Å². The predicted molar refractivity (Wildman–Crippen MR) is 91.8 cm³/mol. The lowest BCUT2D eigenvalue weighted by Crippen LogP contribution is -2.27. The molecule has 0 saturated heterocycles. The van der Waals surface area contributed by atoms with Crippen LogP contribution in [-0.2, 0) is 9.59 Å². The maximum Gasteiger partial charge on any atom is 0.227 e. The van der Waals surface area contributed by atoms with E-state index >= 15 is 0 Å². The van der Waals surface area contributed by atoms with Crippen molar-refractivity contribution in [3.8, 4) is 11.1 Å². The van der Waals surface area contributed by atoms with Crippen LogP contribution in [0.1, 0.15) is 25.7 Å². The van der Waals surface area contributed by atoms with Gasteiger partial charge in [0.25, 0.3) is 0 Å². The van der Waals surface area contributed by atoms with Crippen molar-refractivity contribution in [3.05, 3.63) is 48.3 Å². The van der Waals surface area contributed by atoms with Crippen molar-refractivity contribution in [3.63, 3.8) is 0 Å². The molecule has 124 valence electrons. The van der Waals surface area contributed by atoms with Crippen LogP contribution in [-0.4, -0.2) is 11.7 Å². The number of anilines is 2. The number of ketones is 1. The number of hydrogen-bond acceptors (Lipinski definition) is 3. The normalized spacial score (nSPS) is 15.3. The molecular weight excluding hydrogens is 307 g/mol. The number of amides is 1. The zero-order valence-electron chi connectivity index (χ0n) is 13.2. The molecule has 1 saturated carbocycles. The van der Waals surface area contributed by atoms with Crippen LogP contribution in [0, 0.1) is 11.7 Å². The van der Waals surface area contributed by atoms with E-state index in [2.05, 4.69) is 5.32 Å². The molecule has 1 fully saturated rings. The minimum atomic E-state index is -0.297. The summed E-state index contributed by atoms with van der Waals surface area (Å²) in [4.78, 5) is 23.7. The van der Waals surface area contributed by atoms with E-state index in [4.69, 9.17) is 5.73 Å². The average Bonchev–Trinajstić information content (AvgIpc) is 2.58. The highest BCUT2D eigenvalue weighted by atomic mass is 19.1. The van der Waals surface area contributed by atoms with Gasteiger partial charge in [0.1, 0.15) is 11.6 Å². The summed E-state index contributed by atoms with van der Waals surface area (Å²) in [7, 11) is 0. The number of nitrogen functional groups attached to an aromatic ring is 1. The largest absolute Gasteiger partial charge is 0.397 e. The SMILES string of the molecule is Nc1ccc(-c2ccc(F)cc2)cc1NC(=O)C1CCC(=O)CC1. The quantitative estimate of drug-likeness (QED) is 0.843. The smallest absolute Gasteiger partial charge is 0.227 e. The molecule has 4 nitrogen and oxygen atoms in total. The molecule has 0 radical (unpaired) electrons. The third kappa shape index (κ3) is 3.62. The third-order valence-corrected chi connectivity index (χ3v) is 4.40. The highest BCUT2D eigenvalue weighted by Crippen LogP contribution is 2.29. The van der Waals surface area contributed by atoms with Crippen LogP contribution in [0.3, 0.4) is 0 Å². The van der Waals surface area contributed by atoms with Crippen LogP contribution in [0.25, 0.3) is 11.1 Å². The van der Waals surface area contributed by atoms with Crippen molar-refractivity contribution in [2.45, 2.75) is 25.7 Å². The number of Topliss-reactive ketones (excluding diaryl/α,β-unsaturated/α-hetero) is 1. The van der Waals surface area contributed by atoms with Crippen molar-refractivity contribution in [1.82, 2.24) is 0 Å². The fourth-order valence-corrected chi connectivity index (χ4v) is 2.92. The van der Waals surface area contributed by atoms with E-state index in [1.165, 1.54) is 12.1 Å². The van der Waals surface area contributed by atoms with Gasteiger partial charge in [-0.1, -0.05) is 18.2 Å². The van der Waals surface area contributed by atoms with E-state index in [9.17, 15) is 14.0 Å². The number of nitrogens with two attached hydrogens (primary N) is 1. The molecule has 0 heterocycles. The molecule has 1 aliphatic carbocycles. The molecule has 0 spiro atoms. The molecule has 5 heteroatoms. The van der Waals surface area contributed by atoms with Crippen LogP contribution in [0.15, 0.2) is 42.5 Å². The minimum absolute atomic E-state index is 0.106. The zero-order valence-corrected chi connectivity index (χ0v) is 13.2. The second kappa shape index (κ2) is 6.83. The Kier molecular flexibility index (Phi) is 4.60. The van der Waals surface area contributed by atoms with Gasteiger partial charge in [-0.2, -0.15) is 0 Å². The maximum absolute atomic E-state index is 13.1. The Morgan fingerprint density at radius 3 is 2.33 bits per heavy atom. The summed E-state index contributed by atoms with van der Waals surface area (Å²) in [6.07, 6.45) is 2.09. The first kappa shape index (κ1) is 16.2. The monoisotopic (exact) mass is 326 g/mol. The third-order valence-electron chi connectivity index (χ3n) is 4.40. The molecule has 3 rings (SSSR count). The summed E-state index contributed by atoms with van der Waals surface area (Å²) in [6.45, 7) is 0. The Morgan fingerprint density at radius 1 is 1.04 bits per heavy atom. The molecule has 2 aromatic carbocycles. The predicted octanol–water partition coefficient (Wildman–Crippen LogP) is 3.77. The number of benzene rings is 2. The minimum Gasteiger partial charge on any atom is -0.397 e. The Balaban J connectivity index is 1.77. The van der Waals surface area contributed by atoms with E-state index in [0.29, 0.717) is 37.1 Å². The summed E-state index contributed by atoms with van der Waals surface area (Å²) in [5.74, 6) is -0.339. The molecule has 0 aromatic heterocycles. The molecule has 24 heavy (non-hydrogen) atoms. The number of carbonyl (C=O) groups excluding carboxylic acids is 2. The summed E-state index contributed by atoms with van der Waals surface area (Å²) < 4.78 is 13.1. The van der Waals surface area contributed by atoms with Crippen LogP contribution < -0.4 is 11.1 Å². The number of halogens is 1. The van der Waals surface area contributed by atoms with Crippen molar-refractivity contribution in [2.75, 3.05) is 11.1 Å². The van der Waals surface area contributed by atoms with Crippen molar-refractivity contribution in [1.29, 1.82) is 0 Å². The fraction of sp³-hybridized carbons (Fsp3) is 0.263. The van der Waals surface area contributed by atoms with Crippen LogP contribution in [0.2, 0.25) is 0 Å². The second-order valence-corrected chi connectivity index (χ2v) is 6.11. The van der Waals surface area contributed by atoms with Crippen molar-refractivity contribution >= 4 is 23.1 Å². The fourth-order valence-electron chi connectivity index (χ4n) is 2.92. The van der Waals surface area contributed by atoms with Gasteiger partial charge >= 0.3 is 0 Å². The Hall–Kier alpha value is -2.69. The lowest BCUT2D eigenvalue weighted by Gasteiger charge is -2.21. The molecule has 1 amide bonds. The molecule has 0 aliphatic heterocycles. The number of hydrogen-bond donors (Lipinski definition) is 2. The van der Waals surface area contributed by atoms with Crippen LogP contribution in [0.5, 0.6) is 0 Å². The molecule has 0 unspecified atom stereocenters. The van der Waals surface area contributed by atoms with Crippen LogP contribution >= 0.6 is 0 Å². The highest BCUT2D eigenvalue weighted by Gasteiger charge is 2.25. The molecule has 2 aromatic rings. The van der Waals surface area contributed by atoms with E-state index < -0.39 is 0 Å². The van der Waals surface area contributed by atoms with Crippen LogP contribution in [0.4, 0.5) is 15.8 Å².